The quantitative estimate of drug-likeness (QED) is 0.0665. The number of allylic oxidation sites excluding steroid dienone is 36. The Labute approximate surface area is 781 Å². The van der Waals surface area contributed by atoms with Crippen molar-refractivity contribution < 1.29 is 0 Å². The molecule has 0 radical (unpaired) electrons. The first-order chi connectivity index (χ1) is 66.0. The lowest BCUT2D eigenvalue weighted by Crippen LogP contribution is -2.63. The molecule has 11 aliphatic carbocycles. The second-order valence-corrected chi connectivity index (χ2v) is 38.1. The molecule has 4 nitrogen and oxygen atoms in total. The number of para-hydroxylation sites is 3. The van der Waals surface area contributed by atoms with Gasteiger partial charge in [-0.1, -0.05) is 346 Å². The fourth-order valence-electron chi connectivity index (χ4n) is 24.7. The summed E-state index contributed by atoms with van der Waals surface area (Å²) in [6, 6.07) is 104. The van der Waals surface area contributed by atoms with E-state index in [1.165, 1.54) is 189 Å². The monoisotopic (exact) mass is 1700 g/mol. The molecule has 0 N–H and O–H groups in total. The largest absolute Gasteiger partial charge is 0.334 e. The lowest BCUT2D eigenvalue weighted by molar-refractivity contribution is 0.470. The number of hydrogen-bond acceptors (Lipinski definition) is 4. The molecule has 0 bridgehead atoms. The van der Waals surface area contributed by atoms with Crippen molar-refractivity contribution in [1.82, 2.24) is 0 Å². The van der Waals surface area contributed by atoms with E-state index in [0.29, 0.717) is 0 Å². The smallest absolute Gasteiger partial charge is 0.252 e. The second-order valence-electron chi connectivity index (χ2n) is 38.1. The molecule has 13 aromatic carbocycles. The van der Waals surface area contributed by atoms with Crippen molar-refractivity contribution in [3.05, 3.63) is 509 Å². The Bertz CT molecular complexity index is 7710. The fourth-order valence-corrected chi connectivity index (χ4v) is 24.7. The number of anilines is 10. The summed E-state index contributed by atoms with van der Waals surface area (Å²) in [7, 11) is 0. The van der Waals surface area contributed by atoms with Crippen LogP contribution < -0.4 is 36.0 Å². The normalized spacial score (nSPS) is 20.6. The lowest BCUT2D eigenvalue weighted by Gasteiger charge is -2.51. The predicted molar refractivity (Wildman–Crippen MR) is 563 cm³/mol. The van der Waals surface area contributed by atoms with E-state index in [4.69, 9.17) is 0 Å². The first-order valence-electron chi connectivity index (χ1n) is 48.6. The molecular formula is C128H101BN4. The highest BCUT2D eigenvalue weighted by atomic mass is 15.2. The van der Waals surface area contributed by atoms with Gasteiger partial charge in [0.15, 0.2) is 0 Å². The molecule has 0 saturated heterocycles. The van der Waals surface area contributed by atoms with Gasteiger partial charge >= 0.3 is 0 Å². The van der Waals surface area contributed by atoms with E-state index in [1.54, 1.807) is 0 Å². The summed E-state index contributed by atoms with van der Waals surface area (Å²) in [6.07, 6.45) is 76.2. The maximum Gasteiger partial charge on any atom is 0.252 e. The Kier molecular flexibility index (Phi) is 19.7. The Balaban J connectivity index is 0.790. The number of nitrogens with zero attached hydrogens (tertiary/aromatic N) is 4. The predicted octanol–water partition coefficient (Wildman–Crippen LogP) is 31.7. The van der Waals surface area contributed by atoms with E-state index in [1.807, 2.05) is 0 Å². The van der Waals surface area contributed by atoms with E-state index in [9.17, 15) is 0 Å². The Hall–Kier alpha value is -15.0. The molecule has 0 saturated carbocycles. The van der Waals surface area contributed by atoms with Gasteiger partial charge in [-0.3, -0.25) is 0 Å². The number of hydrogen-bond donors (Lipinski definition) is 0. The number of rotatable bonds is 17. The van der Waals surface area contributed by atoms with Crippen LogP contribution in [0.2, 0.25) is 0 Å². The standard InChI is InChI=1S/C128H101BN4/c1-8-31-84(32-9-1)94-45-24-49-98(75-94)108-58-29-59-109(99-50-25-46-95(76-99)85-33-10-2-11-34-85)127(108)132-118-82-106(130(104-54-18-6-19-55-104)116-74-68-93-66-64-89-41-22-42-91-67-71-113(116)125(93)122(89)91)69-72-114(118)129-115-73-70-107(131(105-56-20-7-21-57-105)117-79-102-53-23-43-90-63-65-92-44-28-62-112(117)124(92)123(90)102)83-119(115)133(121-81-103(80-120(132)126(121)129)88-39-16-5-17-40-88)128-110(100-51-26-47-96(77-100)86-35-12-3-13-36-86)60-30-61-111(128)101-52-27-48-97(78-101)87-37-14-4-15-38-87/h1,3-8,10,12-14,16-23,26-28,30-31,33-37,39-44,46-49,51-57,59-76,78-83,96,108,123-124,127H,2,9,11,15,24-25,29,32,38,45,50,58,77H2. The zero-order chi connectivity index (χ0) is 87.6. The molecule has 5 atom stereocenters. The minimum absolute atomic E-state index is 0.0741. The van der Waals surface area contributed by atoms with Gasteiger partial charge in [-0.25, -0.2) is 0 Å². The lowest BCUT2D eigenvalue weighted by atomic mass is 9.33. The zero-order valence-electron chi connectivity index (χ0n) is 74.9. The average molecular weight is 1710 g/mol. The van der Waals surface area contributed by atoms with Crippen LogP contribution in [0, 0.1) is 17.8 Å². The summed E-state index contributed by atoms with van der Waals surface area (Å²) >= 11 is 0. The van der Waals surface area contributed by atoms with Gasteiger partial charge in [0.05, 0.1) is 23.1 Å². The van der Waals surface area contributed by atoms with Crippen LogP contribution in [-0.2, 0) is 0 Å². The maximum atomic E-state index is 3.00. The number of benzene rings is 13. The van der Waals surface area contributed by atoms with E-state index in [-0.39, 0.29) is 36.4 Å². The minimum Gasteiger partial charge on any atom is -0.334 e. The topological polar surface area (TPSA) is 13.0 Å². The second kappa shape index (κ2) is 33.1. The van der Waals surface area contributed by atoms with Gasteiger partial charge in [0.2, 0.25) is 0 Å². The molecule has 0 fully saturated rings. The van der Waals surface area contributed by atoms with Crippen LogP contribution >= 0.6 is 0 Å². The first kappa shape index (κ1) is 79.0. The molecule has 0 spiro atoms. The van der Waals surface area contributed by atoms with E-state index >= 15 is 0 Å². The summed E-state index contributed by atoms with van der Waals surface area (Å²) < 4.78 is 0. The summed E-state index contributed by atoms with van der Waals surface area (Å²) in [4.78, 5) is 11.1. The van der Waals surface area contributed by atoms with Crippen molar-refractivity contribution in [3.63, 3.8) is 0 Å². The molecule has 636 valence electrons. The summed E-state index contributed by atoms with van der Waals surface area (Å²) in [5.74, 6) is 0.579. The highest BCUT2D eigenvalue weighted by molar-refractivity contribution is 7.00. The van der Waals surface area contributed by atoms with E-state index < -0.39 is 0 Å². The van der Waals surface area contributed by atoms with Crippen LogP contribution in [0.1, 0.15) is 106 Å². The third-order valence-electron chi connectivity index (χ3n) is 30.8. The molecule has 2 aliphatic heterocycles. The van der Waals surface area contributed by atoms with E-state index in [0.717, 1.165) is 118 Å². The summed E-state index contributed by atoms with van der Waals surface area (Å²) in [5, 5.41) is 7.59. The SMILES string of the molecule is C1=CCCC(C2=CC(C3CCC=C(C4=CC(C5=CCCC=C5)=CCC4)C3N3c4cc(N(c5ccccc5)c5ccc6ccc7cccc8ccc5c6c78)ccc4B4c5ccc(N(C6=CC7=CC=CC8=CC=C9C=CC=C6C9C87)c6ccccc6)cc5N(c5c(C6=CC=CC(c7ccccc7)C6)cccc5-c5cccc(C6=CC=CCC6)c5)c5cc(-c6ccccc6)cc3c54)=CCC2)=C1. The average Bonchev–Trinajstić information content (AvgIpc) is 0.684. The first-order valence-corrected chi connectivity index (χ1v) is 48.6. The molecule has 5 heteroatoms. The van der Waals surface area contributed by atoms with Crippen molar-refractivity contribution in [2.24, 2.45) is 17.8 Å². The summed E-state index contributed by atoms with van der Waals surface area (Å²) in [6.45, 7) is -0.292. The number of fused-ring (bicyclic) bond motifs is 4. The molecule has 133 heavy (non-hydrogen) atoms. The molecular weight excluding hydrogens is 1600 g/mol. The van der Waals surface area contributed by atoms with Gasteiger partial charge < -0.3 is 19.6 Å². The molecule has 0 aromatic heterocycles. The van der Waals surface area contributed by atoms with Crippen molar-refractivity contribution >= 4 is 123 Å². The third kappa shape index (κ3) is 13.6. The van der Waals surface area contributed by atoms with Gasteiger partial charge in [0.25, 0.3) is 6.71 Å². The van der Waals surface area contributed by atoms with Gasteiger partial charge in [-0.05, 0) is 306 Å². The minimum atomic E-state index is -0.292. The van der Waals surface area contributed by atoms with Crippen LogP contribution in [0.3, 0.4) is 0 Å². The van der Waals surface area contributed by atoms with E-state index in [2.05, 4.69) is 444 Å². The molecule has 26 rings (SSSR count). The van der Waals surface area contributed by atoms with Crippen molar-refractivity contribution in [1.29, 1.82) is 0 Å². The van der Waals surface area contributed by atoms with Crippen LogP contribution in [0.5, 0.6) is 0 Å². The van der Waals surface area contributed by atoms with Gasteiger partial charge in [-0.2, -0.15) is 0 Å². The Morgan fingerprint density at radius 1 is 0.346 bits per heavy atom. The summed E-state index contributed by atoms with van der Waals surface area (Å²) in [5.41, 5.74) is 43.1. The molecule has 13 aliphatic rings. The van der Waals surface area contributed by atoms with Crippen molar-refractivity contribution in [3.8, 4) is 22.3 Å². The molecule has 2 heterocycles. The Morgan fingerprint density at radius 3 is 1.78 bits per heavy atom. The highest BCUT2D eigenvalue weighted by Gasteiger charge is 2.50. The van der Waals surface area contributed by atoms with Crippen LogP contribution in [-0.4, -0.2) is 12.8 Å². The maximum absolute atomic E-state index is 3.00. The van der Waals surface area contributed by atoms with Crippen molar-refractivity contribution in [2.45, 2.75) is 95.4 Å². The Morgan fingerprint density at radius 2 is 0.992 bits per heavy atom. The van der Waals surface area contributed by atoms with Gasteiger partial charge in [0.1, 0.15) is 0 Å². The molecule has 0 amide bonds. The van der Waals surface area contributed by atoms with Crippen LogP contribution in [0.4, 0.5) is 56.9 Å². The highest BCUT2D eigenvalue weighted by Crippen LogP contribution is 2.59. The third-order valence-corrected chi connectivity index (χ3v) is 30.8. The van der Waals surface area contributed by atoms with Crippen LogP contribution in [0.15, 0.2) is 492 Å². The van der Waals surface area contributed by atoms with Crippen molar-refractivity contribution in [2.75, 3.05) is 19.6 Å². The van der Waals surface area contributed by atoms with Crippen LogP contribution in [0.25, 0.3) is 65.7 Å². The van der Waals surface area contributed by atoms with Gasteiger partial charge in [-0.15, -0.1) is 0 Å². The fraction of sp³-hybridized carbons (Fsp3) is 0.141. The van der Waals surface area contributed by atoms with Gasteiger partial charge in [0, 0.05) is 85.7 Å². The zero-order valence-corrected chi connectivity index (χ0v) is 74.9. The molecule has 5 unspecified atom stereocenters. The molecule has 13 aromatic rings.